The highest BCUT2D eigenvalue weighted by Gasteiger charge is 2.15. The van der Waals surface area contributed by atoms with Crippen molar-refractivity contribution in [2.24, 2.45) is 5.92 Å². The molecule has 0 fully saturated rings. The topological polar surface area (TPSA) is 38.3 Å². The van der Waals surface area contributed by atoms with Crippen LogP contribution < -0.4 is 10.1 Å². The summed E-state index contributed by atoms with van der Waals surface area (Å²) in [7, 11) is 0. The van der Waals surface area contributed by atoms with E-state index in [2.05, 4.69) is 35.1 Å². The van der Waals surface area contributed by atoms with Crippen LogP contribution in [0.2, 0.25) is 0 Å². The lowest BCUT2D eigenvalue weighted by Gasteiger charge is -2.14. The van der Waals surface area contributed by atoms with Crippen molar-refractivity contribution in [3.63, 3.8) is 0 Å². The van der Waals surface area contributed by atoms with E-state index in [4.69, 9.17) is 4.74 Å². The lowest BCUT2D eigenvalue weighted by Crippen LogP contribution is -2.15. The zero-order valence-corrected chi connectivity index (χ0v) is 16.2. The highest BCUT2D eigenvalue weighted by Crippen LogP contribution is 2.26. The molecule has 0 saturated carbocycles. The molecular formula is C20H24BrNO2. The average Bonchev–Trinajstić information content (AvgIpc) is 2.52. The van der Waals surface area contributed by atoms with Crippen LogP contribution in [0.3, 0.4) is 0 Å². The van der Waals surface area contributed by atoms with Crippen LogP contribution in [0.5, 0.6) is 5.75 Å². The van der Waals surface area contributed by atoms with E-state index in [1.807, 2.05) is 44.2 Å². The summed E-state index contributed by atoms with van der Waals surface area (Å²) in [6, 6.07) is 11.5. The molecule has 0 aromatic heterocycles. The van der Waals surface area contributed by atoms with Gasteiger partial charge in [-0.1, -0.05) is 41.9 Å². The monoisotopic (exact) mass is 389 g/mol. The maximum Gasteiger partial charge on any atom is 0.259 e. The molecule has 1 amide bonds. The van der Waals surface area contributed by atoms with Gasteiger partial charge in [-0.2, -0.15) is 0 Å². The van der Waals surface area contributed by atoms with Crippen molar-refractivity contribution in [3.05, 3.63) is 57.6 Å². The van der Waals surface area contributed by atoms with Gasteiger partial charge in [-0.15, -0.1) is 0 Å². The van der Waals surface area contributed by atoms with Gasteiger partial charge >= 0.3 is 0 Å². The Balaban J connectivity index is 2.21. The molecule has 0 unspecified atom stereocenters. The van der Waals surface area contributed by atoms with Crippen molar-refractivity contribution >= 4 is 27.5 Å². The second-order valence-corrected chi connectivity index (χ2v) is 7.36. The van der Waals surface area contributed by atoms with Crippen LogP contribution in [-0.2, 0) is 0 Å². The first-order valence-electron chi connectivity index (χ1n) is 8.17. The number of halogens is 1. The van der Waals surface area contributed by atoms with Gasteiger partial charge in [0.15, 0.2) is 0 Å². The van der Waals surface area contributed by atoms with Gasteiger partial charge < -0.3 is 10.1 Å². The minimum absolute atomic E-state index is 0.162. The Morgan fingerprint density at radius 3 is 2.62 bits per heavy atom. The number of hydrogen-bond acceptors (Lipinski definition) is 2. The molecule has 0 bridgehead atoms. The summed E-state index contributed by atoms with van der Waals surface area (Å²) < 4.78 is 6.69. The molecule has 1 N–H and O–H groups in total. The number of amides is 1. The van der Waals surface area contributed by atoms with E-state index >= 15 is 0 Å². The number of ether oxygens (including phenoxy) is 1. The summed E-state index contributed by atoms with van der Waals surface area (Å²) in [6.07, 6.45) is 0.952. The predicted octanol–water partition coefficient (Wildman–Crippen LogP) is 5.74. The molecular weight excluding hydrogens is 366 g/mol. The SMILES string of the molecule is Cc1ccc(C)c(NC(=O)c2cc(Br)ccc2OCCC(C)C)c1. The molecule has 2 rings (SSSR count). The van der Waals surface area contributed by atoms with Gasteiger partial charge in [0.2, 0.25) is 0 Å². The van der Waals surface area contributed by atoms with Crippen molar-refractivity contribution in [3.8, 4) is 5.75 Å². The standard InChI is InChI=1S/C20H24BrNO2/c1-13(2)9-10-24-19-8-7-16(21)12-17(19)20(23)22-18-11-14(3)5-6-15(18)4/h5-8,11-13H,9-10H2,1-4H3,(H,22,23). The minimum Gasteiger partial charge on any atom is -0.493 e. The van der Waals surface area contributed by atoms with Crippen molar-refractivity contribution in [1.29, 1.82) is 0 Å². The Hall–Kier alpha value is -1.81. The van der Waals surface area contributed by atoms with Crippen LogP contribution in [-0.4, -0.2) is 12.5 Å². The molecule has 0 aliphatic rings. The smallest absolute Gasteiger partial charge is 0.259 e. The Bertz CT molecular complexity index is 726. The number of nitrogens with one attached hydrogen (secondary N) is 1. The van der Waals surface area contributed by atoms with Gasteiger partial charge in [-0.25, -0.2) is 0 Å². The van der Waals surface area contributed by atoms with E-state index in [1.54, 1.807) is 6.07 Å². The van der Waals surface area contributed by atoms with Crippen molar-refractivity contribution in [2.75, 3.05) is 11.9 Å². The molecule has 2 aromatic rings. The zero-order valence-electron chi connectivity index (χ0n) is 14.7. The first-order valence-corrected chi connectivity index (χ1v) is 8.97. The largest absolute Gasteiger partial charge is 0.493 e. The van der Waals surface area contributed by atoms with Crippen LogP contribution in [0.25, 0.3) is 0 Å². The van der Waals surface area contributed by atoms with E-state index in [0.29, 0.717) is 23.8 Å². The van der Waals surface area contributed by atoms with Gasteiger partial charge in [0.05, 0.1) is 12.2 Å². The quantitative estimate of drug-likeness (QED) is 0.683. The fraction of sp³-hybridized carbons (Fsp3) is 0.350. The van der Waals surface area contributed by atoms with Crippen LogP contribution in [0.15, 0.2) is 40.9 Å². The Morgan fingerprint density at radius 2 is 1.92 bits per heavy atom. The summed E-state index contributed by atoms with van der Waals surface area (Å²) in [5.41, 5.74) is 3.51. The van der Waals surface area contributed by atoms with Gasteiger partial charge in [0, 0.05) is 10.2 Å². The molecule has 2 aromatic carbocycles. The summed E-state index contributed by atoms with van der Waals surface area (Å²) in [5, 5.41) is 2.99. The predicted molar refractivity (Wildman–Crippen MR) is 103 cm³/mol. The van der Waals surface area contributed by atoms with Crippen LogP contribution >= 0.6 is 15.9 Å². The number of carbonyl (C=O) groups excluding carboxylic acids is 1. The highest BCUT2D eigenvalue weighted by atomic mass is 79.9. The molecule has 24 heavy (non-hydrogen) atoms. The Kier molecular flexibility index (Phi) is 6.44. The number of anilines is 1. The second kappa shape index (κ2) is 8.34. The molecule has 0 atom stereocenters. The fourth-order valence-electron chi connectivity index (χ4n) is 2.27. The summed E-state index contributed by atoms with van der Waals surface area (Å²) >= 11 is 3.43. The van der Waals surface area contributed by atoms with Crippen LogP contribution in [0.4, 0.5) is 5.69 Å². The maximum atomic E-state index is 12.7. The van der Waals surface area contributed by atoms with Gasteiger partial charge in [0.25, 0.3) is 5.91 Å². The number of carbonyl (C=O) groups is 1. The third kappa shape index (κ3) is 5.10. The number of hydrogen-bond donors (Lipinski definition) is 1. The van der Waals surface area contributed by atoms with Gasteiger partial charge in [-0.3, -0.25) is 4.79 Å². The van der Waals surface area contributed by atoms with E-state index < -0.39 is 0 Å². The average molecular weight is 390 g/mol. The Labute approximate surface area is 152 Å². The Morgan fingerprint density at radius 1 is 1.17 bits per heavy atom. The van der Waals surface area contributed by atoms with Crippen LogP contribution in [0.1, 0.15) is 41.8 Å². The van der Waals surface area contributed by atoms with E-state index in [9.17, 15) is 4.79 Å². The molecule has 0 heterocycles. The fourth-order valence-corrected chi connectivity index (χ4v) is 2.63. The number of rotatable bonds is 6. The lowest BCUT2D eigenvalue weighted by atomic mass is 10.1. The molecule has 4 heteroatoms. The number of aryl methyl sites for hydroxylation is 2. The van der Waals surface area contributed by atoms with E-state index in [1.165, 1.54) is 0 Å². The molecule has 0 spiro atoms. The van der Waals surface area contributed by atoms with Crippen LogP contribution in [0, 0.1) is 19.8 Å². The van der Waals surface area contributed by atoms with Gasteiger partial charge in [0.1, 0.15) is 5.75 Å². The maximum absolute atomic E-state index is 12.7. The second-order valence-electron chi connectivity index (χ2n) is 6.44. The number of benzene rings is 2. The first-order chi connectivity index (χ1) is 11.4. The molecule has 0 saturated heterocycles. The molecule has 3 nitrogen and oxygen atoms in total. The summed E-state index contributed by atoms with van der Waals surface area (Å²) in [5.74, 6) is 1.01. The normalized spacial score (nSPS) is 10.8. The minimum atomic E-state index is -0.162. The molecule has 128 valence electrons. The van der Waals surface area contributed by atoms with E-state index in [-0.39, 0.29) is 5.91 Å². The van der Waals surface area contributed by atoms with Crippen molar-refractivity contribution in [1.82, 2.24) is 0 Å². The van der Waals surface area contributed by atoms with Crippen molar-refractivity contribution in [2.45, 2.75) is 34.1 Å². The summed E-state index contributed by atoms with van der Waals surface area (Å²) in [6.45, 7) is 8.89. The molecule has 0 radical (unpaired) electrons. The third-order valence-electron chi connectivity index (χ3n) is 3.78. The molecule has 0 aliphatic heterocycles. The summed E-state index contributed by atoms with van der Waals surface area (Å²) in [4.78, 5) is 12.7. The molecule has 0 aliphatic carbocycles. The van der Waals surface area contributed by atoms with Crippen molar-refractivity contribution < 1.29 is 9.53 Å². The van der Waals surface area contributed by atoms with Gasteiger partial charge in [-0.05, 0) is 61.6 Å². The zero-order chi connectivity index (χ0) is 17.7. The first kappa shape index (κ1) is 18.5. The third-order valence-corrected chi connectivity index (χ3v) is 4.27. The van der Waals surface area contributed by atoms with E-state index in [0.717, 1.165) is 27.7 Å². The lowest BCUT2D eigenvalue weighted by molar-refractivity contribution is 0.102. The highest BCUT2D eigenvalue weighted by molar-refractivity contribution is 9.10.